The van der Waals surface area contributed by atoms with Crippen LogP contribution in [0.4, 0.5) is 4.79 Å². The molecule has 35 heavy (non-hydrogen) atoms. The fourth-order valence-electron chi connectivity index (χ4n) is 6.42. The molecule has 5 rings (SSSR count). The van der Waals surface area contributed by atoms with E-state index in [9.17, 15) is 9.59 Å². The minimum atomic E-state index is -0.332. The van der Waals surface area contributed by atoms with Crippen molar-refractivity contribution in [3.05, 3.63) is 11.6 Å². The number of nitrogens with zero attached hydrogens (tertiary/aromatic N) is 2. The van der Waals surface area contributed by atoms with Crippen LogP contribution >= 0.6 is 0 Å². The Hall–Kier alpha value is -1.68. The number of rotatable bonds is 8. The van der Waals surface area contributed by atoms with Gasteiger partial charge in [0.15, 0.2) is 0 Å². The van der Waals surface area contributed by atoms with Crippen LogP contribution in [0.3, 0.4) is 0 Å². The predicted molar refractivity (Wildman–Crippen MR) is 129 cm³/mol. The van der Waals surface area contributed by atoms with Gasteiger partial charge in [0, 0.05) is 33.3 Å². The third-order valence-electron chi connectivity index (χ3n) is 8.68. The van der Waals surface area contributed by atoms with E-state index in [0.717, 1.165) is 51.9 Å². The molecule has 9 nitrogen and oxygen atoms in total. The Morgan fingerprint density at radius 1 is 1.31 bits per heavy atom. The summed E-state index contributed by atoms with van der Waals surface area (Å²) in [6, 6.07) is 0. The van der Waals surface area contributed by atoms with E-state index in [2.05, 4.69) is 37.1 Å². The molecule has 9 heteroatoms. The molecule has 4 aliphatic heterocycles. The number of allylic oxidation sites excluding steroid dienone is 1. The lowest BCUT2D eigenvalue weighted by molar-refractivity contribution is -0.125. The van der Waals surface area contributed by atoms with E-state index in [0.29, 0.717) is 25.6 Å². The van der Waals surface area contributed by atoms with Gasteiger partial charge < -0.3 is 29.2 Å². The molecule has 4 saturated heterocycles. The number of likely N-dealkylation sites (tertiary alicyclic amines) is 1. The van der Waals surface area contributed by atoms with Gasteiger partial charge in [-0.25, -0.2) is 4.79 Å². The van der Waals surface area contributed by atoms with E-state index in [1.54, 1.807) is 12.0 Å². The molecule has 0 aromatic rings. The normalized spacial score (nSPS) is 39.1. The number of methoxy groups -OCH3 is 1. The van der Waals surface area contributed by atoms with Crippen LogP contribution in [0.1, 0.15) is 46.5 Å². The smallest absolute Gasteiger partial charge is 0.410 e. The van der Waals surface area contributed by atoms with Crippen molar-refractivity contribution in [3.8, 4) is 0 Å². The Bertz CT molecular complexity index is 850. The fraction of sp³-hybridized carbons (Fsp3) is 0.846. The second-order valence-corrected chi connectivity index (χ2v) is 11.5. The molecule has 1 unspecified atom stereocenters. The Balaban J connectivity index is 1.13. The van der Waals surface area contributed by atoms with Crippen molar-refractivity contribution in [2.75, 3.05) is 53.0 Å². The van der Waals surface area contributed by atoms with Crippen LogP contribution in [0.2, 0.25) is 0 Å². The molecule has 196 valence electrons. The number of carbonyl (C=O) groups is 2. The lowest BCUT2D eigenvalue weighted by Gasteiger charge is -2.44. The molecule has 0 bridgehead atoms. The molecular weight excluding hydrogens is 450 g/mol. The number of piperazine rings is 1. The van der Waals surface area contributed by atoms with Crippen molar-refractivity contribution in [1.29, 1.82) is 0 Å². The number of epoxide rings is 2. The van der Waals surface area contributed by atoms with Gasteiger partial charge in [0.1, 0.15) is 23.4 Å². The molecule has 0 radical (unpaired) electrons. The van der Waals surface area contributed by atoms with Gasteiger partial charge in [-0.15, -0.1) is 0 Å². The van der Waals surface area contributed by atoms with Crippen molar-refractivity contribution in [2.45, 2.75) is 76.0 Å². The first kappa shape index (κ1) is 25.0. The van der Waals surface area contributed by atoms with Crippen LogP contribution in [-0.4, -0.2) is 104 Å². The molecule has 1 aliphatic carbocycles. The van der Waals surface area contributed by atoms with E-state index < -0.39 is 0 Å². The SMILES string of the molecule is CO[C@H]1C([C@@]2(C)O[C@@H]2CC=C(C)C)[C@]2(CC[C@H]1OC(=O)N1CC(CCN3CCNC(=O)C3)C1)CO2. The second kappa shape index (κ2) is 9.65. The highest BCUT2D eigenvalue weighted by atomic mass is 16.6. The lowest BCUT2D eigenvalue weighted by atomic mass is 9.68. The number of hydrogen-bond acceptors (Lipinski definition) is 7. The molecule has 5 aliphatic rings. The maximum absolute atomic E-state index is 13.0. The van der Waals surface area contributed by atoms with Crippen molar-refractivity contribution in [2.24, 2.45) is 11.8 Å². The summed E-state index contributed by atoms with van der Waals surface area (Å²) in [5, 5.41) is 2.86. The number of amides is 2. The number of ether oxygens (including phenoxy) is 4. The van der Waals surface area contributed by atoms with E-state index in [-0.39, 0.29) is 47.4 Å². The molecular formula is C26H41N3O6. The molecule has 0 aromatic heterocycles. The van der Waals surface area contributed by atoms with Crippen molar-refractivity contribution in [1.82, 2.24) is 15.1 Å². The first-order valence-corrected chi connectivity index (χ1v) is 13.2. The van der Waals surface area contributed by atoms with Gasteiger partial charge >= 0.3 is 6.09 Å². The van der Waals surface area contributed by atoms with Gasteiger partial charge in [0.05, 0.1) is 25.2 Å². The van der Waals surface area contributed by atoms with Crippen LogP contribution in [0.25, 0.3) is 0 Å². The van der Waals surface area contributed by atoms with Crippen LogP contribution in [0, 0.1) is 11.8 Å². The first-order valence-electron chi connectivity index (χ1n) is 13.2. The van der Waals surface area contributed by atoms with Gasteiger partial charge in [-0.3, -0.25) is 9.69 Å². The molecule has 1 spiro atoms. The van der Waals surface area contributed by atoms with Gasteiger partial charge in [0.2, 0.25) is 5.91 Å². The zero-order chi connectivity index (χ0) is 24.8. The standard InChI is InChI=1S/C26H41N3O6/c1-17(2)5-6-20-25(3,35-20)23-22(32-4)19(7-9-26(23)16-33-26)34-24(31)29-13-18(14-29)8-11-28-12-10-27-21(30)15-28/h5,18-20,22-23H,6-16H2,1-4H3,(H,27,30)/t19-,20-,22-,23?,25+,26+/m1/s1. The first-order chi connectivity index (χ1) is 16.7. The highest BCUT2D eigenvalue weighted by Crippen LogP contribution is 2.59. The van der Waals surface area contributed by atoms with E-state index in [1.807, 2.05) is 0 Å². The highest BCUT2D eigenvalue weighted by molar-refractivity contribution is 5.78. The van der Waals surface area contributed by atoms with Gasteiger partial charge in [-0.05, 0) is 58.9 Å². The Morgan fingerprint density at radius 3 is 2.74 bits per heavy atom. The van der Waals surface area contributed by atoms with Crippen LogP contribution < -0.4 is 5.32 Å². The molecule has 2 amide bonds. The minimum absolute atomic E-state index is 0.0352. The monoisotopic (exact) mass is 491 g/mol. The molecule has 4 heterocycles. The van der Waals surface area contributed by atoms with Crippen LogP contribution in [-0.2, 0) is 23.7 Å². The summed E-state index contributed by atoms with van der Waals surface area (Å²) >= 11 is 0. The lowest BCUT2D eigenvalue weighted by Crippen LogP contribution is -2.58. The topological polar surface area (TPSA) is 96.2 Å². The zero-order valence-electron chi connectivity index (χ0n) is 21.6. The minimum Gasteiger partial charge on any atom is -0.443 e. The van der Waals surface area contributed by atoms with Crippen molar-refractivity contribution >= 4 is 12.0 Å². The predicted octanol–water partition coefficient (Wildman–Crippen LogP) is 1.95. The van der Waals surface area contributed by atoms with Crippen LogP contribution in [0.15, 0.2) is 11.6 Å². The van der Waals surface area contributed by atoms with Gasteiger partial charge in [-0.1, -0.05) is 11.6 Å². The summed E-state index contributed by atoms with van der Waals surface area (Å²) in [6.45, 7) is 11.5. The summed E-state index contributed by atoms with van der Waals surface area (Å²) in [5.41, 5.74) is 0.736. The van der Waals surface area contributed by atoms with Crippen molar-refractivity contribution < 1.29 is 28.5 Å². The Labute approximate surface area is 208 Å². The average molecular weight is 492 g/mol. The maximum Gasteiger partial charge on any atom is 0.410 e. The van der Waals surface area contributed by atoms with Gasteiger partial charge in [-0.2, -0.15) is 0 Å². The summed E-state index contributed by atoms with van der Waals surface area (Å²) in [4.78, 5) is 28.5. The summed E-state index contributed by atoms with van der Waals surface area (Å²) < 4.78 is 24.3. The molecule has 1 saturated carbocycles. The number of carbonyl (C=O) groups excluding carboxylic acids is 2. The van der Waals surface area contributed by atoms with E-state index >= 15 is 0 Å². The van der Waals surface area contributed by atoms with Crippen LogP contribution in [0.5, 0.6) is 0 Å². The summed E-state index contributed by atoms with van der Waals surface area (Å²) in [5.74, 6) is 0.594. The Morgan fingerprint density at radius 2 is 2.09 bits per heavy atom. The third kappa shape index (κ3) is 5.10. The molecule has 1 N–H and O–H groups in total. The second-order valence-electron chi connectivity index (χ2n) is 11.5. The molecule has 5 fully saturated rings. The molecule has 6 atom stereocenters. The zero-order valence-corrected chi connectivity index (χ0v) is 21.6. The highest BCUT2D eigenvalue weighted by Gasteiger charge is 2.72. The van der Waals surface area contributed by atoms with Gasteiger partial charge in [0.25, 0.3) is 0 Å². The Kier molecular flexibility index (Phi) is 6.89. The maximum atomic E-state index is 13.0. The third-order valence-corrected chi connectivity index (χ3v) is 8.68. The number of hydrogen-bond donors (Lipinski definition) is 1. The summed E-state index contributed by atoms with van der Waals surface area (Å²) in [7, 11) is 1.71. The molecule has 0 aromatic carbocycles. The van der Waals surface area contributed by atoms with E-state index in [4.69, 9.17) is 18.9 Å². The van der Waals surface area contributed by atoms with E-state index in [1.165, 1.54) is 5.57 Å². The number of nitrogens with one attached hydrogen (secondary N) is 1. The van der Waals surface area contributed by atoms with Crippen molar-refractivity contribution in [3.63, 3.8) is 0 Å². The quantitative estimate of drug-likeness (QED) is 0.410. The largest absolute Gasteiger partial charge is 0.443 e. The fourth-order valence-corrected chi connectivity index (χ4v) is 6.42. The summed E-state index contributed by atoms with van der Waals surface area (Å²) in [6.07, 6.45) is 5.02. The average Bonchev–Trinajstić information content (AvgIpc) is 3.69.